The van der Waals surface area contributed by atoms with E-state index in [0.29, 0.717) is 17.3 Å². The van der Waals surface area contributed by atoms with Crippen LogP contribution < -0.4 is 10.1 Å². The molecular formula is C12H18N2O3. The van der Waals surface area contributed by atoms with E-state index in [4.69, 9.17) is 4.74 Å². The number of carbonyl (C=O) groups is 1. The standard InChI is InChI=1S/C12H18N2O3/c1-8(2)7-13-10-6-5-9(12(15)17-4)11(14-10)16-3/h5-6,8H,7H2,1-4H3,(H,13,14). The third-order valence-electron chi connectivity index (χ3n) is 2.15. The Morgan fingerprint density at radius 3 is 2.65 bits per heavy atom. The summed E-state index contributed by atoms with van der Waals surface area (Å²) in [7, 11) is 2.80. The van der Waals surface area contributed by atoms with Crippen molar-refractivity contribution in [3.63, 3.8) is 0 Å². The number of hydrogen-bond acceptors (Lipinski definition) is 5. The number of ether oxygens (including phenoxy) is 2. The van der Waals surface area contributed by atoms with Gasteiger partial charge in [-0.1, -0.05) is 13.8 Å². The minimum absolute atomic E-state index is 0.269. The predicted octanol–water partition coefficient (Wildman–Crippen LogP) is 1.94. The molecule has 0 fully saturated rings. The van der Waals surface area contributed by atoms with Crippen LogP contribution in [0, 0.1) is 5.92 Å². The van der Waals surface area contributed by atoms with Crippen LogP contribution in [0.2, 0.25) is 0 Å². The fourth-order valence-corrected chi connectivity index (χ4v) is 1.27. The minimum Gasteiger partial charge on any atom is -0.480 e. The third kappa shape index (κ3) is 3.62. The summed E-state index contributed by atoms with van der Waals surface area (Å²) in [5.74, 6) is 1.02. The molecule has 0 saturated heterocycles. The number of nitrogens with zero attached hydrogens (tertiary/aromatic N) is 1. The van der Waals surface area contributed by atoms with Crippen LogP contribution in [0.3, 0.4) is 0 Å². The van der Waals surface area contributed by atoms with Crippen LogP contribution in [0.1, 0.15) is 24.2 Å². The first-order valence-corrected chi connectivity index (χ1v) is 5.45. The molecule has 0 radical (unpaired) electrons. The Morgan fingerprint density at radius 2 is 2.12 bits per heavy atom. The molecule has 5 heteroatoms. The zero-order chi connectivity index (χ0) is 12.8. The lowest BCUT2D eigenvalue weighted by atomic mass is 10.2. The molecule has 0 aliphatic rings. The summed E-state index contributed by atoms with van der Waals surface area (Å²) in [5.41, 5.74) is 0.324. The van der Waals surface area contributed by atoms with Gasteiger partial charge in [0, 0.05) is 6.54 Å². The maximum absolute atomic E-state index is 11.4. The highest BCUT2D eigenvalue weighted by Gasteiger charge is 2.14. The highest BCUT2D eigenvalue weighted by Crippen LogP contribution is 2.19. The molecule has 0 aliphatic heterocycles. The Morgan fingerprint density at radius 1 is 1.41 bits per heavy atom. The molecule has 1 N–H and O–H groups in total. The first kappa shape index (κ1) is 13.3. The van der Waals surface area contributed by atoms with Gasteiger partial charge in [-0.3, -0.25) is 0 Å². The molecule has 0 amide bonds. The zero-order valence-corrected chi connectivity index (χ0v) is 10.6. The molecule has 1 heterocycles. The maximum atomic E-state index is 11.4. The lowest BCUT2D eigenvalue weighted by Gasteiger charge is -2.11. The SMILES string of the molecule is COC(=O)c1ccc(NCC(C)C)nc1OC. The van der Waals surface area contributed by atoms with Crippen molar-refractivity contribution in [3.8, 4) is 5.88 Å². The van der Waals surface area contributed by atoms with Crippen LogP contribution in [-0.2, 0) is 4.74 Å². The van der Waals surface area contributed by atoms with Crippen LogP contribution >= 0.6 is 0 Å². The normalized spacial score (nSPS) is 10.2. The largest absolute Gasteiger partial charge is 0.480 e. The lowest BCUT2D eigenvalue weighted by molar-refractivity contribution is 0.0596. The lowest BCUT2D eigenvalue weighted by Crippen LogP contribution is -2.11. The van der Waals surface area contributed by atoms with Crippen LogP contribution in [0.4, 0.5) is 5.82 Å². The second kappa shape index (κ2) is 6.08. The third-order valence-corrected chi connectivity index (χ3v) is 2.15. The highest BCUT2D eigenvalue weighted by molar-refractivity contribution is 5.92. The van der Waals surface area contributed by atoms with Gasteiger partial charge in [0.05, 0.1) is 14.2 Å². The number of anilines is 1. The number of nitrogens with one attached hydrogen (secondary N) is 1. The zero-order valence-electron chi connectivity index (χ0n) is 10.6. The number of pyridine rings is 1. The van der Waals surface area contributed by atoms with Crippen molar-refractivity contribution >= 4 is 11.8 Å². The molecule has 1 rings (SSSR count). The molecule has 5 nitrogen and oxygen atoms in total. The maximum Gasteiger partial charge on any atom is 0.343 e. The average Bonchev–Trinajstić information content (AvgIpc) is 2.34. The minimum atomic E-state index is -0.454. The second-order valence-electron chi connectivity index (χ2n) is 4.02. The number of hydrogen-bond donors (Lipinski definition) is 1. The topological polar surface area (TPSA) is 60.5 Å². The molecule has 1 aromatic heterocycles. The molecule has 0 aliphatic carbocycles. The van der Waals surface area contributed by atoms with E-state index in [2.05, 4.69) is 28.9 Å². The van der Waals surface area contributed by atoms with Crippen molar-refractivity contribution in [2.45, 2.75) is 13.8 Å². The van der Waals surface area contributed by atoms with Crippen molar-refractivity contribution in [1.82, 2.24) is 4.98 Å². The van der Waals surface area contributed by atoms with E-state index in [1.807, 2.05) is 0 Å². The number of esters is 1. The molecular weight excluding hydrogens is 220 g/mol. The Hall–Kier alpha value is -1.78. The quantitative estimate of drug-likeness (QED) is 0.794. The van der Waals surface area contributed by atoms with E-state index >= 15 is 0 Å². The first-order valence-electron chi connectivity index (χ1n) is 5.45. The summed E-state index contributed by atoms with van der Waals surface area (Å²) in [6.07, 6.45) is 0. The fourth-order valence-electron chi connectivity index (χ4n) is 1.27. The van der Waals surface area contributed by atoms with E-state index in [-0.39, 0.29) is 5.88 Å². The van der Waals surface area contributed by atoms with E-state index in [1.165, 1.54) is 14.2 Å². The summed E-state index contributed by atoms with van der Waals surface area (Å²) in [6, 6.07) is 3.37. The molecule has 0 atom stereocenters. The summed E-state index contributed by atoms with van der Waals surface area (Å²) in [4.78, 5) is 15.6. The number of rotatable bonds is 5. The van der Waals surface area contributed by atoms with Crippen molar-refractivity contribution in [1.29, 1.82) is 0 Å². The molecule has 0 aromatic carbocycles. The Labute approximate surface area is 101 Å². The van der Waals surface area contributed by atoms with Gasteiger partial charge < -0.3 is 14.8 Å². The Bertz CT molecular complexity index is 391. The molecule has 0 unspecified atom stereocenters. The summed E-state index contributed by atoms with van der Waals surface area (Å²) in [5, 5.41) is 3.16. The van der Waals surface area contributed by atoms with Crippen LogP contribution in [-0.4, -0.2) is 31.7 Å². The summed E-state index contributed by atoms with van der Waals surface area (Å²) in [6.45, 7) is 5.02. The predicted molar refractivity (Wildman–Crippen MR) is 65.5 cm³/mol. The molecule has 17 heavy (non-hydrogen) atoms. The molecule has 0 bridgehead atoms. The van der Waals surface area contributed by atoms with Gasteiger partial charge in [0.25, 0.3) is 0 Å². The molecule has 1 aromatic rings. The van der Waals surface area contributed by atoms with E-state index in [0.717, 1.165) is 6.54 Å². The van der Waals surface area contributed by atoms with Crippen LogP contribution in [0.5, 0.6) is 5.88 Å². The van der Waals surface area contributed by atoms with Crippen LogP contribution in [0.25, 0.3) is 0 Å². The van der Waals surface area contributed by atoms with E-state index < -0.39 is 5.97 Å². The van der Waals surface area contributed by atoms with Gasteiger partial charge in [-0.15, -0.1) is 0 Å². The number of methoxy groups -OCH3 is 2. The van der Waals surface area contributed by atoms with Gasteiger partial charge in [-0.25, -0.2) is 4.79 Å². The number of aromatic nitrogens is 1. The molecule has 0 saturated carbocycles. The van der Waals surface area contributed by atoms with Crippen molar-refractivity contribution in [3.05, 3.63) is 17.7 Å². The second-order valence-corrected chi connectivity index (χ2v) is 4.02. The van der Waals surface area contributed by atoms with Crippen LogP contribution in [0.15, 0.2) is 12.1 Å². The van der Waals surface area contributed by atoms with E-state index in [9.17, 15) is 4.79 Å². The Balaban J connectivity index is 2.88. The van der Waals surface area contributed by atoms with Gasteiger partial charge in [-0.05, 0) is 18.1 Å². The summed E-state index contributed by atoms with van der Waals surface area (Å²) < 4.78 is 9.70. The first-order chi connectivity index (χ1) is 8.08. The van der Waals surface area contributed by atoms with E-state index in [1.54, 1.807) is 12.1 Å². The number of carbonyl (C=O) groups excluding carboxylic acids is 1. The van der Waals surface area contributed by atoms with Gasteiger partial charge in [-0.2, -0.15) is 4.98 Å². The van der Waals surface area contributed by atoms with Gasteiger partial charge in [0.15, 0.2) is 0 Å². The monoisotopic (exact) mass is 238 g/mol. The smallest absolute Gasteiger partial charge is 0.343 e. The van der Waals surface area contributed by atoms with Gasteiger partial charge in [0.2, 0.25) is 5.88 Å². The summed E-state index contributed by atoms with van der Waals surface area (Å²) >= 11 is 0. The average molecular weight is 238 g/mol. The molecule has 0 spiro atoms. The van der Waals surface area contributed by atoms with Crippen molar-refractivity contribution in [2.24, 2.45) is 5.92 Å². The highest BCUT2D eigenvalue weighted by atomic mass is 16.5. The van der Waals surface area contributed by atoms with Gasteiger partial charge >= 0.3 is 5.97 Å². The van der Waals surface area contributed by atoms with Crippen molar-refractivity contribution in [2.75, 3.05) is 26.1 Å². The van der Waals surface area contributed by atoms with Gasteiger partial charge in [0.1, 0.15) is 11.4 Å². The fraction of sp³-hybridized carbons (Fsp3) is 0.500. The van der Waals surface area contributed by atoms with Crippen molar-refractivity contribution < 1.29 is 14.3 Å². The Kier molecular flexibility index (Phi) is 4.75. The molecule has 94 valence electrons.